The number of carbonyl (C=O) groups excluding carboxylic acids is 2. The van der Waals surface area contributed by atoms with Gasteiger partial charge >= 0.3 is 0 Å². The van der Waals surface area contributed by atoms with Gasteiger partial charge in [0.05, 0.1) is 7.11 Å². The van der Waals surface area contributed by atoms with Crippen LogP contribution >= 0.6 is 0 Å². The zero-order valence-corrected chi connectivity index (χ0v) is 19.5. The predicted octanol–water partition coefficient (Wildman–Crippen LogP) is 2.91. The second-order valence-corrected chi connectivity index (χ2v) is 7.86. The average molecular weight is 458 g/mol. The number of nitrogens with zero attached hydrogens (tertiary/aromatic N) is 3. The van der Waals surface area contributed by atoms with E-state index in [1.807, 2.05) is 13.8 Å². The minimum atomic E-state index is -0.580. The molecular formula is C25H32FN3O4. The van der Waals surface area contributed by atoms with E-state index in [0.717, 1.165) is 0 Å². The summed E-state index contributed by atoms with van der Waals surface area (Å²) in [5.74, 6) is 0.655. The molecule has 1 aliphatic heterocycles. The van der Waals surface area contributed by atoms with E-state index in [9.17, 15) is 14.0 Å². The van der Waals surface area contributed by atoms with Crippen LogP contribution in [0.2, 0.25) is 0 Å². The third-order valence-corrected chi connectivity index (χ3v) is 5.89. The lowest BCUT2D eigenvalue weighted by Crippen LogP contribution is -2.61. The van der Waals surface area contributed by atoms with Gasteiger partial charge in [-0.2, -0.15) is 0 Å². The van der Waals surface area contributed by atoms with E-state index in [1.165, 1.54) is 12.1 Å². The summed E-state index contributed by atoms with van der Waals surface area (Å²) in [5, 5.41) is 0. The lowest BCUT2D eigenvalue weighted by atomic mass is 10.1. The summed E-state index contributed by atoms with van der Waals surface area (Å²) in [6.07, 6.45) is 0. The van der Waals surface area contributed by atoms with Crippen molar-refractivity contribution in [1.82, 2.24) is 14.7 Å². The Morgan fingerprint density at radius 3 is 2.45 bits per heavy atom. The molecule has 1 heterocycles. The van der Waals surface area contributed by atoms with Crippen LogP contribution in [0.3, 0.4) is 0 Å². The Labute approximate surface area is 194 Å². The van der Waals surface area contributed by atoms with Crippen molar-refractivity contribution in [2.45, 2.75) is 19.9 Å². The maximum Gasteiger partial charge on any atom is 0.254 e. The highest BCUT2D eigenvalue weighted by Gasteiger charge is 2.37. The van der Waals surface area contributed by atoms with Crippen molar-refractivity contribution >= 4 is 11.8 Å². The SMILES string of the molecule is CCN(CC)C(=O)C1CN(CCOc2ccc(F)cc2)CCN1C(=O)c1cccc(OC)c1. The Balaban J connectivity index is 1.70. The van der Waals surface area contributed by atoms with Gasteiger partial charge in [-0.3, -0.25) is 14.5 Å². The molecule has 3 rings (SSSR count). The fraction of sp³-hybridized carbons (Fsp3) is 0.440. The summed E-state index contributed by atoms with van der Waals surface area (Å²) in [6.45, 7) is 7.54. The number of methoxy groups -OCH3 is 1. The summed E-state index contributed by atoms with van der Waals surface area (Å²) >= 11 is 0. The smallest absolute Gasteiger partial charge is 0.254 e. The quantitative estimate of drug-likeness (QED) is 0.580. The number of piperazine rings is 1. The van der Waals surface area contributed by atoms with Gasteiger partial charge in [-0.15, -0.1) is 0 Å². The minimum absolute atomic E-state index is 0.0552. The van der Waals surface area contributed by atoms with Crippen molar-refractivity contribution in [1.29, 1.82) is 0 Å². The molecule has 7 nitrogen and oxygen atoms in total. The van der Waals surface area contributed by atoms with Gasteiger partial charge in [0.15, 0.2) is 0 Å². The highest BCUT2D eigenvalue weighted by molar-refractivity contribution is 5.98. The molecule has 0 radical (unpaired) electrons. The normalized spacial score (nSPS) is 16.4. The molecule has 0 bridgehead atoms. The third kappa shape index (κ3) is 6.22. The predicted molar refractivity (Wildman–Crippen MR) is 124 cm³/mol. The Hall–Kier alpha value is -3.13. The van der Waals surface area contributed by atoms with Gasteiger partial charge in [-0.25, -0.2) is 4.39 Å². The lowest BCUT2D eigenvalue weighted by molar-refractivity contribution is -0.138. The number of hydrogen-bond acceptors (Lipinski definition) is 5. The van der Waals surface area contributed by atoms with Crippen molar-refractivity contribution in [3.63, 3.8) is 0 Å². The molecule has 1 atom stereocenters. The summed E-state index contributed by atoms with van der Waals surface area (Å²) in [7, 11) is 1.56. The topological polar surface area (TPSA) is 62.3 Å². The van der Waals surface area contributed by atoms with Crippen LogP contribution in [0.5, 0.6) is 11.5 Å². The largest absolute Gasteiger partial charge is 0.497 e. The summed E-state index contributed by atoms with van der Waals surface area (Å²) in [4.78, 5) is 32.2. The number of amides is 2. The lowest BCUT2D eigenvalue weighted by Gasteiger charge is -2.42. The van der Waals surface area contributed by atoms with Gasteiger partial charge in [0.1, 0.15) is 30.0 Å². The van der Waals surface area contributed by atoms with Crippen molar-refractivity contribution < 1.29 is 23.5 Å². The van der Waals surface area contributed by atoms with Crippen LogP contribution in [0.25, 0.3) is 0 Å². The average Bonchev–Trinajstić information content (AvgIpc) is 2.85. The standard InChI is InChI=1S/C25H32FN3O4/c1-4-28(5-2)25(31)23-18-27(15-16-33-21-11-9-20(26)10-12-21)13-14-29(23)24(30)19-7-6-8-22(17-19)32-3/h6-12,17,23H,4-5,13-16,18H2,1-3H3. The number of rotatable bonds is 9. The monoisotopic (exact) mass is 457 g/mol. The summed E-state index contributed by atoms with van der Waals surface area (Å²) in [5.41, 5.74) is 0.500. The van der Waals surface area contributed by atoms with Crippen molar-refractivity contribution in [2.24, 2.45) is 0 Å². The number of likely N-dealkylation sites (N-methyl/N-ethyl adjacent to an activating group) is 1. The molecule has 33 heavy (non-hydrogen) atoms. The second kappa shape index (κ2) is 11.7. The molecule has 1 aliphatic rings. The molecule has 8 heteroatoms. The number of benzene rings is 2. The molecule has 0 aliphatic carbocycles. The Morgan fingerprint density at radius 2 is 1.79 bits per heavy atom. The highest BCUT2D eigenvalue weighted by Crippen LogP contribution is 2.20. The summed E-state index contributed by atoms with van der Waals surface area (Å²) in [6, 6.07) is 12.3. The van der Waals surface area contributed by atoms with Gasteiger partial charge < -0.3 is 19.3 Å². The maximum atomic E-state index is 13.3. The molecule has 1 fully saturated rings. The molecule has 2 amide bonds. The molecule has 0 spiro atoms. The number of carbonyl (C=O) groups is 2. The third-order valence-electron chi connectivity index (χ3n) is 5.89. The van der Waals surface area contributed by atoms with E-state index in [1.54, 1.807) is 53.3 Å². The highest BCUT2D eigenvalue weighted by atomic mass is 19.1. The molecule has 178 valence electrons. The van der Waals surface area contributed by atoms with Gasteiger partial charge in [-0.05, 0) is 56.3 Å². The molecule has 1 saturated heterocycles. The van der Waals surface area contributed by atoms with Crippen molar-refractivity contribution in [3.05, 3.63) is 59.9 Å². The van der Waals surface area contributed by atoms with Crippen LogP contribution in [-0.4, -0.2) is 85.5 Å². The molecule has 1 unspecified atom stereocenters. The minimum Gasteiger partial charge on any atom is -0.497 e. The summed E-state index contributed by atoms with van der Waals surface area (Å²) < 4.78 is 24.0. The Bertz CT molecular complexity index is 934. The van der Waals surface area contributed by atoms with E-state index < -0.39 is 6.04 Å². The van der Waals surface area contributed by atoms with Gasteiger partial charge in [0, 0.05) is 44.8 Å². The van der Waals surface area contributed by atoms with Crippen molar-refractivity contribution in [3.8, 4) is 11.5 Å². The molecule has 0 N–H and O–H groups in total. The zero-order valence-electron chi connectivity index (χ0n) is 19.5. The van der Waals surface area contributed by atoms with Crippen molar-refractivity contribution in [2.75, 3.05) is 53.0 Å². The van der Waals surface area contributed by atoms with E-state index >= 15 is 0 Å². The Kier molecular flexibility index (Phi) is 8.65. The van der Waals surface area contributed by atoms with E-state index in [2.05, 4.69) is 4.90 Å². The molecule has 0 saturated carbocycles. The van der Waals surface area contributed by atoms with E-state index in [4.69, 9.17) is 9.47 Å². The van der Waals surface area contributed by atoms with Gasteiger partial charge in [-0.1, -0.05) is 6.07 Å². The first kappa shape index (κ1) is 24.5. The molecule has 0 aromatic heterocycles. The van der Waals surface area contributed by atoms with Crippen LogP contribution in [0.1, 0.15) is 24.2 Å². The second-order valence-electron chi connectivity index (χ2n) is 7.86. The zero-order chi connectivity index (χ0) is 23.8. The first-order valence-corrected chi connectivity index (χ1v) is 11.3. The van der Waals surface area contributed by atoms with Crippen LogP contribution in [-0.2, 0) is 4.79 Å². The van der Waals surface area contributed by atoms with Crippen LogP contribution in [0, 0.1) is 5.82 Å². The number of hydrogen-bond donors (Lipinski definition) is 0. The molecular weight excluding hydrogens is 425 g/mol. The fourth-order valence-electron chi connectivity index (χ4n) is 3.99. The molecule has 2 aromatic carbocycles. The van der Waals surface area contributed by atoms with Gasteiger partial charge in [0.25, 0.3) is 5.91 Å². The first-order valence-electron chi connectivity index (χ1n) is 11.3. The number of ether oxygens (including phenoxy) is 2. The molecule has 2 aromatic rings. The first-order chi connectivity index (χ1) is 16.0. The maximum absolute atomic E-state index is 13.3. The van der Waals surface area contributed by atoms with Crippen LogP contribution in [0.15, 0.2) is 48.5 Å². The van der Waals surface area contributed by atoms with Gasteiger partial charge in [0.2, 0.25) is 5.91 Å². The van der Waals surface area contributed by atoms with E-state index in [0.29, 0.717) is 62.9 Å². The fourth-order valence-corrected chi connectivity index (χ4v) is 3.99. The van der Waals surface area contributed by atoms with Crippen LogP contribution in [0.4, 0.5) is 4.39 Å². The van der Waals surface area contributed by atoms with Crippen LogP contribution < -0.4 is 9.47 Å². The van der Waals surface area contributed by atoms with E-state index in [-0.39, 0.29) is 17.6 Å². The number of halogens is 1. The Morgan fingerprint density at radius 1 is 1.06 bits per heavy atom.